The average Bonchev–Trinajstić information content (AvgIpc) is 2.59. The van der Waals surface area contributed by atoms with Crippen LogP contribution in [0.3, 0.4) is 0 Å². The fourth-order valence-corrected chi connectivity index (χ4v) is 3.19. The first-order valence-corrected chi connectivity index (χ1v) is 10.0. The fourth-order valence-electron chi connectivity index (χ4n) is 3.19. The highest BCUT2D eigenvalue weighted by molar-refractivity contribution is 5.86. The van der Waals surface area contributed by atoms with E-state index in [1.165, 1.54) is 0 Å². The number of amides is 1. The zero-order valence-corrected chi connectivity index (χ0v) is 17.6. The topological polar surface area (TPSA) is 60.4 Å². The molecular weight excluding hydrogens is 330 g/mol. The summed E-state index contributed by atoms with van der Waals surface area (Å²) < 4.78 is 5.88. The fraction of sp³-hybridized carbons (Fsp3) is 0.895. The van der Waals surface area contributed by atoms with Crippen LogP contribution in [0.5, 0.6) is 0 Å². The van der Waals surface area contributed by atoms with Gasteiger partial charge in [0.2, 0.25) is 5.91 Å². The number of likely N-dealkylation sites (N-methyl/N-ethyl adjacent to an activating group) is 2. The van der Waals surface area contributed by atoms with Crippen molar-refractivity contribution < 1.29 is 9.53 Å². The monoisotopic (exact) mass is 369 g/mol. The summed E-state index contributed by atoms with van der Waals surface area (Å²) in [5, 5.41) is 3.28. The Hall–Kier alpha value is -1.34. The number of morpholine rings is 1. The van der Waals surface area contributed by atoms with Gasteiger partial charge in [0.1, 0.15) is 0 Å². The van der Waals surface area contributed by atoms with Crippen LogP contribution >= 0.6 is 0 Å². The summed E-state index contributed by atoms with van der Waals surface area (Å²) in [4.78, 5) is 23.3. The summed E-state index contributed by atoms with van der Waals surface area (Å²) >= 11 is 0. The maximum absolute atomic E-state index is 12.3. The lowest BCUT2D eigenvalue weighted by atomic mass is 10.2. The Labute approximate surface area is 159 Å². The molecule has 0 saturated carbocycles. The molecule has 1 N–H and O–H groups in total. The van der Waals surface area contributed by atoms with Crippen molar-refractivity contribution in [1.82, 2.24) is 20.0 Å². The summed E-state index contributed by atoms with van der Waals surface area (Å²) in [7, 11) is 1.91. The minimum Gasteiger partial charge on any atom is -0.374 e. The van der Waals surface area contributed by atoms with E-state index in [0.29, 0.717) is 19.0 Å². The van der Waals surface area contributed by atoms with E-state index in [-0.39, 0.29) is 12.0 Å². The van der Waals surface area contributed by atoms with Gasteiger partial charge in [-0.25, -0.2) is 0 Å². The van der Waals surface area contributed by atoms with Crippen LogP contribution in [0.15, 0.2) is 4.99 Å². The van der Waals surface area contributed by atoms with Crippen LogP contribution < -0.4 is 5.32 Å². The van der Waals surface area contributed by atoms with Gasteiger partial charge in [-0.2, -0.15) is 0 Å². The van der Waals surface area contributed by atoms with Gasteiger partial charge in [0.25, 0.3) is 0 Å². The van der Waals surface area contributed by atoms with Gasteiger partial charge < -0.3 is 19.9 Å². The molecule has 1 amide bonds. The number of ether oxygens (including phenoxy) is 1. The van der Waals surface area contributed by atoms with E-state index in [2.05, 4.69) is 24.1 Å². The van der Waals surface area contributed by atoms with Crippen LogP contribution in [0.1, 0.15) is 34.6 Å². The summed E-state index contributed by atoms with van der Waals surface area (Å²) in [5.41, 5.74) is 0. The summed E-state index contributed by atoms with van der Waals surface area (Å²) in [5.74, 6) is 1.55. The minimum atomic E-state index is 0.114. The van der Waals surface area contributed by atoms with Gasteiger partial charge in [-0.3, -0.25) is 14.7 Å². The summed E-state index contributed by atoms with van der Waals surface area (Å²) in [6.07, 6.45) is 0.114. The second-order valence-corrected chi connectivity index (χ2v) is 7.26. The van der Waals surface area contributed by atoms with Crippen LogP contribution in [-0.2, 0) is 9.53 Å². The zero-order chi connectivity index (χ0) is 19.5. The number of nitrogens with one attached hydrogen (secondary N) is 1. The largest absolute Gasteiger partial charge is 0.374 e. The van der Waals surface area contributed by atoms with Gasteiger partial charge in [0.05, 0.1) is 25.8 Å². The van der Waals surface area contributed by atoms with Crippen molar-refractivity contribution in [3.8, 4) is 0 Å². The molecule has 7 heteroatoms. The molecule has 0 aromatic rings. The molecule has 0 spiro atoms. The van der Waals surface area contributed by atoms with E-state index < -0.39 is 0 Å². The highest BCUT2D eigenvalue weighted by Crippen LogP contribution is 2.08. The second kappa shape index (κ2) is 12.1. The molecule has 0 bridgehead atoms. The molecule has 1 fully saturated rings. The Morgan fingerprint density at radius 1 is 1.31 bits per heavy atom. The van der Waals surface area contributed by atoms with Crippen LogP contribution in [0, 0.1) is 5.92 Å². The van der Waals surface area contributed by atoms with Crippen LogP contribution in [0.2, 0.25) is 0 Å². The Morgan fingerprint density at radius 2 is 2.00 bits per heavy atom. The van der Waals surface area contributed by atoms with E-state index in [1.54, 1.807) is 0 Å². The molecule has 152 valence electrons. The smallest absolute Gasteiger partial charge is 0.242 e. The molecule has 1 unspecified atom stereocenters. The number of carbonyl (C=O) groups excluding carboxylic acids is 1. The number of nitrogens with zero attached hydrogens (tertiary/aromatic N) is 4. The zero-order valence-electron chi connectivity index (χ0n) is 17.6. The molecule has 0 aromatic carbocycles. The van der Waals surface area contributed by atoms with Crippen LogP contribution in [-0.4, -0.2) is 98.7 Å². The Morgan fingerprint density at radius 3 is 2.58 bits per heavy atom. The molecule has 0 aromatic heterocycles. The first kappa shape index (κ1) is 22.7. The van der Waals surface area contributed by atoms with Crippen molar-refractivity contribution >= 4 is 11.9 Å². The summed E-state index contributed by atoms with van der Waals surface area (Å²) in [6, 6.07) is 0. The molecule has 1 aliphatic rings. The van der Waals surface area contributed by atoms with E-state index in [0.717, 1.165) is 51.8 Å². The van der Waals surface area contributed by atoms with Crippen molar-refractivity contribution in [1.29, 1.82) is 0 Å². The quantitative estimate of drug-likeness (QED) is 0.487. The predicted molar refractivity (Wildman–Crippen MR) is 108 cm³/mol. The van der Waals surface area contributed by atoms with Crippen molar-refractivity contribution in [3.63, 3.8) is 0 Å². The van der Waals surface area contributed by atoms with E-state index in [4.69, 9.17) is 9.73 Å². The number of carbonyl (C=O) groups is 1. The van der Waals surface area contributed by atoms with Gasteiger partial charge in [-0.15, -0.1) is 0 Å². The lowest BCUT2D eigenvalue weighted by Crippen LogP contribution is -2.47. The van der Waals surface area contributed by atoms with Crippen molar-refractivity contribution in [2.24, 2.45) is 10.9 Å². The molecule has 0 aliphatic carbocycles. The molecular formula is C19H39N5O2. The number of rotatable bonds is 9. The maximum atomic E-state index is 12.3. The second-order valence-electron chi connectivity index (χ2n) is 7.26. The number of aliphatic imine (C=N–C) groups is 1. The third kappa shape index (κ3) is 7.91. The van der Waals surface area contributed by atoms with Crippen LogP contribution in [0.4, 0.5) is 0 Å². The normalized spacial score (nSPS) is 18.9. The first-order chi connectivity index (χ1) is 12.4. The van der Waals surface area contributed by atoms with Crippen molar-refractivity contribution in [2.75, 3.05) is 66.0 Å². The third-order valence-corrected chi connectivity index (χ3v) is 4.48. The van der Waals surface area contributed by atoms with Gasteiger partial charge in [-0.1, -0.05) is 13.8 Å². The third-order valence-electron chi connectivity index (χ3n) is 4.48. The molecule has 1 heterocycles. The molecule has 1 rings (SSSR count). The lowest BCUT2D eigenvalue weighted by molar-refractivity contribution is -0.131. The first-order valence-electron chi connectivity index (χ1n) is 10.0. The Balaban J connectivity index is 2.62. The lowest BCUT2D eigenvalue weighted by Gasteiger charge is -2.33. The molecule has 0 radical (unpaired) electrons. The van der Waals surface area contributed by atoms with Crippen molar-refractivity contribution in [2.45, 2.75) is 40.7 Å². The van der Waals surface area contributed by atoms with E-state index >= 15 is 0 Å². The predicted octanol–water partition coefficient (Wildman–Crippen LogP) is 1.11. The van der Waals surface area contributed by atoms with Crippen molar-refractivity contribution in [3.05, 3.63) is 0 Å². The molecule has 1 aliphatic heterocycles. The van der Waals surface area contributed by atoms with Gasteiger partial charge in [-0.05, 0) is 26.7 Å². The Bertz CT molecular complexity index is 438. The van der Waals surface area contributed by atoms with Gasteiger partial charge >= 0.3 is 0 Å². The Kier molecular flexibility index (Phi) is 10.6. The molecule has 26 heavy (non-hydrogen) atoms. The molecule has 1 saturated heterocycles. The summed E-state index contributed by atoms with van der Waals surface area (Å²) in [6.45, 7) is 17.5. The maximum Gasteiger partial charge on any atom is 0.242 e. The van der Waals surface area contributed by atoms with Gasteiger partial charge in [0, 0.05) is 46.3 Å². The van der Waals surface area contributed by atoms with Gasteiger partial charge in [0.15, 0.2) is 5.96 Å². The van der Waals surface area contributed by atoms with E-state index in [1.807, 2.05) is 37.6 Å². The number of guanidine groups is 1. The van der Waals surface area contributed by atoms with Crippen LogP contribution in [0.25, 0.3) is 0 Å². The number of hydrogen-bond donors (Lipinski definition) is 1. The molecule has 7 nitrogen and oxygen atoms in total. The minimum absolute atomic E-state index is 0.114. The SMILES string of the molecule is CCNC(=NCC1CN(CC(C)C)CCO1)N(C)CC(=O)N(CC)CC. The standard InChI is InChI=1S/C19H39N5O2/c1-7-20-19(22(6)15-18(25)24(8-2)9-3)21-12-17-14-23(10-11-26-17)13-16(4)5/h16-17H,7-15H2,1-6H3,(H,20,21). The average molecular weight is 370 g/mol. The highest BCUT2D eigenvalue weighted by Gasteiger charge is 2.21. The van der Waals surface area contributed by atoms with E-state index in [9.17, 15) is 4.79 Å². The molecule has 1 atom stereocenters. The highest BCUT2D eigenvalue weighted by atomic mass is 16.5. The number of hydrogen-bond acceptors (Lipinski definition) is 4.